The predicted octanol–water partition coefficient (Wildman–Crippen LogP) is 2.71. The summed E-state index contributed by atoms with van der Waals surface area (Å²) in [6, 6.07) is 7.74. The molecule has 0 unspecified atom stereocenters. The highest BCUT2D eigenvalue weighted by molar-refractivity contribution is 5.37. The molecule has 1 aromatic rings. The third kappa shape index (κ3) is 2.60. The molecule has 0 bridgehead atoms. The molecule has 1 aliphatic carbocycles. The highest BCUT2D eigenvalue weighted by atomic mass is 15.2. The third-order valence-electron chi connectivity index (χ3n) is 4.18. The molecular weight excluding hydrogens is 220 g/mol. The van der Waals surface area contributed by atoms with Gasteiger partial charge in [0, 0.05) is 19.1 Å². The Kier molecular flexibility index (Phi) is 3.67. The number of hydrogen-bond acceptors (Lipinski definition) is 2. The van der Waals surface area contributed by atoms with E-state index in [1.54, 1.807) is 11.1 Å². The molecule has 1 aromatic carbocycles. The zero-order valence-corrected chi connectivity index (χ0v) is 11.4. The summed E-state index contributed by atoms with van der Waals surface area (Å²) in [7, 11) is 0. The molecule has 0 radical (unpaired) electrons. The number of nitrogens with zero attached hydrogens (tertiary/aromatic N) is 1. The lowest BCUT2D eigenvalue weighted by Gasteiger charge is -2.26. The fourth-order valence-corrected chi connectivity index (χ4v) is 3.10. The molecule has 3 rings (SSSR count). The van der Waals surface area contributed by atoms with E-state index in [1.165, 1.54) is 44.3 Å². The summed E-state index contributed by atoms with van der Waals surface area (Å²) in [5.41, 5.74) is 4.72. The normalized spacial score (nSPS) is 19.0. The lowest BCUT2D eigenvalue weighted by molar-refractivity contribution is 0.254. The number of nitrogens with one attached hydrogen (secondary N) is 1. The Morgan fingerprint density at radius 3 is 3.00 bits per heavy atom. The van der Waals surface area contributed by atoms with Crippen molar-refractivity contribution >= 4 is 0 Å². The van der Waals surface area contributed by atoms with Gasteiger partial charge in [-0.25, -0.2) is 0 Å². The summed E-state index contributed by atoms with van der Waals surface area (Å²) in [6.07, 6.45) is 5.30. The quantitative estimate of drug-likeness (QED) is 0.856. The summed E-state index contributed by atoms with van der Waals surface area (Å²) in [5, 5.41) is 3.47. The molecule has 2 aliphatic rings. The van der Waals surface area contributed by atoms with Gasteiger partial charge in [0.05, 0.1) is 0 Å². The third-order valence-corrected chi connectivity index (χ3v) is 4.18. The van der Waals surface area contributed by atoms with Crippen LogP contribution in [-0.2, 0) is 19.5 Å². The number of fused-ring (bicyclic) bond motifs is 1. The van der Waals surface area contributed by atoms with Crippen molar-refractivity contribution in [2.24, 2.45) is 0 Å². The minimum absolute atomic E-state index is 0.877. The Bertz CT molecular complexity index is 410. The van der Waals surface area contributed by atoms with Crippen LogP contribution in [0.1, 0.15) is 42.9 Å². The topological polar surface area (TPSA) is 15.3 Å². The highest BCUT2D eigenvalue weighted by Gasteiger charge is 2.28. The van der Waals surface area contributed by atoms with Crippen LogP contribution in [0.25, 0.3) is 0 Å². The van der Waals surface area contributed by atoms with Crippen LogP contribution in [0.5, 0.6) is 0 Å². The molecule has 1 heterocycles. The van der Waals surface area contributed by atoms with Crippen molar-refractivity contribution in [3.63, 3.8) is 0 Å². The molecule has 0 amide bonds. The van der Waals surface area contributed by atoms with Crippen molar-refractivity contribution in [1.29, 1.82) is 0 Å². The van der Waals surface area contributed by atoms with E-state index in [0.717, 1.165) is 19.1 Å². The predicted molar refractivity (Wildman–Crippen MR) is 75.6 cm³/mol. The first-order chi connectivity index (χ1) is 8.88. The van der Waals surface area contributed by atoms with E-state index in [0.29, 0.717) is 0 Å². The molecule has 0 aromatic heterocycles. The van der Waals surface area contributed by atoms with E-state index in [2.05, 4.69) is 35.3 Å². The first kappa shape index (κ1) is 12.2. The average Bonchev–Trinajstić information content (AvgIpc) is 3.23. The van der Waals surface area contributed by atoms with Crippen LogP contribution in [0.4, 0.5) is 0 Å². The first-order valence-corrected chi connectivity index (χ1v) is 7.43. The van der Waals surface area contributed by atoms with Crippen molar-refractivity contribution in [1.82, 2.24) is 10.2 Å². The van der Waals surface area contributed by atoms with E-state index < -0.39 is 0 Å². The van der Waals surface area contributed by atoms with Gasteiger partial charge in [-0.2, -0.15) is 0 Å². The molecule has 18 heavy (non-hydrogen) atoms. The zero-order valence-electron chi connectivity index (χ0n) is 11.4. The van der Waals surface area contributed by atoms with Gasteiger partial charge in [-0.3, -0.25) is 4.90 Å². The Balaban J connectivity index is 1.78. The Morgan fingerprint density at radius 2 is 2.22 bits per heavy atom. The van der Waals surface area contributed by atoms with Crippen LogP contribution in [0.2, 0.25) is 0 Å². The fraction of sp³-hybridized carbons (Fsp3) is 0.625. The monoisotopic (exact) mass is 244 g/mol. The zero-order chi connectivity index (χ0) is 12.4. The average molecular weight is 244 g/mol. The SMILES string of the molecule is CCCN(Cc1cccc2c1CCNC2)C1CC1. The standard InChI is InChI=1S/C16H24N2/c1-2-10-18(15-6-7-15)12-14-5-3-4-13-11-17-9-8-16(13)14/h3-5,15,17H,2,6-12H2,1H3. The van der Waals surface area contributed by atoms with Crippen LogP contribution in [0.15, 0.2) is 18.2 Å². The number of rotatable bonds is 5. The molecule has 1 N–H and O–H groups in total. The summed E-state index contributed by atoms with van der Waals surface area (Å²) in [6.45, 7) is 6.91. The summed E-state index contributed by atoms with van der Waals surface area (Å²) in [4.78, 5) is 2.69. The van der Waals surface area contributed by atoms with Gasteiger partial charge in [0.2, 0.25) is 0 Å². The van der Waals surface area contributed by atoms with Crippen LogP contribution >= 0.6 is 0 Å². The van der Waals surface area contributed by atoms with E-state index in [1.807, 2.05) is 0 Å². The second-order valence-corrected chi connectivity index (χ2v) is 5.68. The number of hydrogen-bond donors (Lipinski definition) is 1. The maximum absolute atomic E-state index is 3.47. The van der Waals surface area contributed by atoms with Gasteiger partial charge in [-0.15, -0.1) is 0 Å². The Morgan fingerprint density at radius 1 is 1.33 bits per heavy atom. The second kappa shape index (κ2) is 5.41. The largest absolute Gasteiger partial charge is 0.312 e. The van der Waals surface area contributed by atoms with Crippen molar-refractivity contribution < 1.29 is 0 Å². The molecule has 1 saturated carbocycles. The maximum Gasteiger partial charge on any atom is 0.0239 e. The van der Waals surface area contributed by atoms with Crippen LogP contribution in [0, 0.1) is 0 Å². The van der Waals surface area contributed by atoms with Gasteiger partial charge in [-0.05, 0) is 55.5 Å². The molecule has 0 saturated heterocycles. The van der Waals surface area contributed by atoms with Crippen molar-refractivity contribution in [2.75, 3.05) is 13.1 Å². The summed E-state index contributed by atoms with van der Waals surface area (Å²) >= 11 is 0. The van der Waals surface area contributed by atoms with E-state index >= 15 is 0 Å². The summed E-state index contributed by atoms with van der Waals surface area (Å²) < 4.78 is 0. The molecule has 1 aliphatic heterocycles. The molecular formula is C16H24N2. The molecule has 2 nitrogen and oxygen atoms in total. The fourth-order valence-electron chi connectivity index (χ4n) is 3.10. The van der Waals surface area contributed by atoms with E-state index in [-0.39, 0.29) is 0 Å². The van der Waals surface area contributed by atoms with Crippen LogP contribution < -0.4 is 5.32 Å². The highest BCUT2D eigenvalue weighted by Crippen LogP contribution is 2.30. The molecule has 0 atom stereocenters. The second-order valence-electron chi connectivity index (χ2n) is 5.68. The van der Waals surface area contributed by atoms with Gasteiger partial charge < -0.3 is 5.32 Å². The van der Waals surface area contributed by atoms with Gasteiger partial charge in [0.25, 0.3) is 0 Å². The lowest BCUT2D eigenvalue weighted by Crippen LogP contribution is -2.29. The van der Waals surface area contributed by atoms with Crippen molar-refractivity contribution in [2.45, 2.75) is 51.7 Å². The Hall–Kier alpha value is -0.860. The minimum Gasteiger partial charge on any atom is -0.312 e. The number of benzene rings is 1. The van der Waals surface area contributed by atoms with Gasteiger partial charge in [0.1, 0.15) is 0 Å². The smallest absolute Gasteiger partial charge is 0.0239 e. The van der Waals surface area contributed by atoms with Gasteiger partial charge in [0.15, 0.2) is 0 Å². The van der Waals surface area contributed by atoms with E-state index in [9.17, 15) is 0 Å². The van der Waals surface area contributed by atoms with Gasteiger partial charge >= 0.3 is 0 Å². The molecule has 2 heteroatoms. The van der Waals surface area contributed by atoms with Crippen molar-refractivity contribution in [3.8, 4) is 0 Å². The minimum atomic E-state index is 0.877. The molecule has 98 valence electrons. The Labute approximate surface area is 110 Å². The van der Waals surface area contributed by atoms with Crippen LogP contribution in [-0.4, -0.2) is 24.0 Å². The molecule has 0 spiro atoms. The molecule has 1 fully saturated rings. The maximum atomic E-state index is 3.47. The van der Waals surface area contributed by atoms with Crippen LogP contribution in [0.3, 0.4) is 0 Å². The first-order valence-electron chi connectivity index (χ1n) is 7.43. The van der Waals surface area contributed by atoms with E-state index in [4.69, 9.17) is 0 Å². The lowest BCUT2D eigenvalue weighted by atomic mass is 9.95. The van der Waals surface area contributed by atoms with Crippen molar-refractivity contribution in [3.05, 3.63) is 34.9 Å². The van der Waals surface area contributed by atoms with Gasteiger partial charge in [-0.1, -0.05) is 25.1 Å². The summed E-state index contributed by atoms with van der Waals surface area (Å²) in [5.74, 6) is 0.